The van der Waals surface area contributed by atoms with Crippen LogP contribution in [0.3, 0.4) is 0 Å². The highest BCUT2D eigenvalue weighted by atomic mass is 35.5. The Morgan fingerprint density at radius 1 is 0.800 bits per heavy atom. The van der Waals surface area contributed by atoms with E-state index >= 15 is 0 Å². The minimum absolute atomic E-state index is 0.223. The van der Waals surface area contributed by atoms with Gasteiger partial charge in [-0.2, -0.15) is 10.5 Å². The molecule has 2 aromatic carbocycles. The van der Waals surface area contributed by atoms with Gasteiger partial charge in [0.05, 0.1) is 26.2 Å². The summed E-state index contributed by atoms with van der Waals surface area (Å²) in [6.07, 6.45) is 0. The van der Waals surface area contributed by atoms with Crippen LogP contribution in [-0.4, -0.2) is 0 Å². The van der Waals surface area contributed by atoms with Gasteiger partial charge in [-0.1, -0.05) is 34.8 Å². The summed E-state index contributed by atoms with van der Waals surface area (Å²) >= 11 is 17.7. The Bertz CT molecular complexity index is 760. The molecule has 0 aromatic heterocycles. The van der Waals surface area contributed by atoms with E-state index in [0.717, 1.165) is 0 Å². The summed E-state index contributed by atoms with van der Waals surface area (Å²) in [6.45, 7) is 0. The Kier molecular flexibility index (Phi) is 4.37. The fourth-order valence-electron chi connectivity index (χ4n) is 1.49. The monoisotopic (exact) mass is 322 g/mol. The molecule has 2 aromatic rings. The maximum Gasteiger partial charge on any atom is 0.147 e. The summed E-state index contributed by atoms with van der Waals surface area (Å²) in [5, 5.41) is 18.7. The van der Waals surface area contributed by atoms with Crippen molar-refractivity contribution in [1.82, 2.24) is 0 Å². The van der Waals surface area contributed by atoms with Gasteiger partial charge >= 0.3 is 0 Å². The second-order valence-electron chi connectivity index (χ2n) is 3.73. The molecule has 0 heterocycles. The zero-order chi connectivity index (χ0) is 14.7. The van der Waals surface area contributed by atoms with Crippen molar-refractivity contribution in [2.75, 3.05) is 0 Å². The molecular formula is C14H5Cl3N2O. The number of ether oxygens (including phenoxy) is 1. The third-order valence-corrected chi connectivity index (χ3v) is 3.45. The Morgan fingerprint density at radius 2 is 1.45 bits per heavy atom. The molecule has 0 aliphatic heterocycles. The molecule has 0 radical (unpaired) electrons. The number of nitriles is 2. The Labute approximate surface area is 130 Å². The quantitative estimate of drug-likeness (QED) is 0.715. The molecule has 0 unspecified atom stereocenters. The second kappa shape index (κ2) is 6.03. The first-order valence-corrected chi connectivity index (χ1v) is 6.45. The SMILES string of the molecule is N#Cc1ccc(Oc2cc(Cl)c(Cl)cc2Cl)cc1C#N. The molecule has 0 saturated heterocycles. The third kappa shape index (κ3) is 2.98. The van der Waals surface area contributed by atoms with E-state index in [1.807, 2.05) is 12.1 Å². The van der Waals surface area contributed by atoms with Gasteiger partial charge in [-0.15, -0.1) is 0 Å². The van der Waals surface area contributed by atoms with Crippen LogP contribution in [0.4, 0.5) is 0 Å². The Morgan fingerprint density at radius 3 is 2.10 bits per heavy atom. The number of benzene rings is 2. The molecule has 0 amide bonds. The zero-order valence-electron chi connectivity index (χ0n) is 9.82. The highest BCUT2D eigenvalue weighted by molar-refractivity contribution is 6.43. The largest absolute Gasteiger partial charge is 0.456 e. The molecule has 0 fully saturated rings. The van der Waals surface area contributed by atoms with Crippen LogP contribution < -0.4 is 4.74 Å². The van der Waals surface area contributed by atoms with E-state index in [4.69, 9.17) is 50.1 Å². The molecule has 6 heteroatoms. The van der Waals surface area contributed by atoms with Gasteiger partial charge in [-0.3, -0.25) is 0 Å². The maximum atomic E-state index is 8.95. The number of halogens is 3. The van der Waals surface area contributed by atoms with Crippen molar-refractivity contribution in [3.05, 3.63) is 56.5 Å². The Hall–Kier alpha value is -1.91. The summed E-state index contributed by atoms with van der Waals surface area (Å²) < 4.78 is 5.55. The lowest BCUT2D eigenvalue weighted by molar-refractivity contribution is 0.483. The molecular weight excluding hydrogens is 319 g/mol. The van der Waals surface area contributed by atoms with Crippen LogP contribution in [-0.2, 0) is 0 Å². The van der Waals surface area contributed by atoms with Gasteiger partial charge in [0, 0.05) is 6.07 Å². The number of rotatable bonds is 2. The van der Waals surface area contributed by atoms with Crippen LogP contribution in [0.1, 0.15) is 11.1 Å². The molecule has 0 atom stereocenters. The molecule has 3 nitrogen and oxygen atoms in total. The van der Waals surface area contributed by atoms with Crippen molar-refractivity contribution < 1.29 is 4.74 Å². The van der Waals surface area contributed by atoms with Crippen molar-refractivity contribution in [2.45, 2.75) is 0 Å². The molecule has 20 heavy (non-hydrogen) atoms. The fourth-order valence-corrected chi connectivity index (χ4v) is 2.06. The lowest BCUT2D eigenvalue weighted by Gasteiger charge is -2.09. The van der Waals surface area contributed by atoms with E-state index in [1.165, 1.54) is 24.3 Å². The van der Waals surface area contributed by atoms with Gasteiger partial charge in [0.1, 0.15) is 23.6 Å². The van der Waals surface area contributed by atoms with Crippen LogP contribution in [0.25, 0.3) is 0 Å². The zero-order valence-corrected chi connectivity index (χ0v) is 12.1. The predicted octanol–water partition coefficient (Wildman–Crippen LogP) is 5.18. The van der Waals surface area contributed by atoms with Crippen LogP contribution in [0.2, 0.25) is 15.1 Å². The number of nitrogens with zero attached hydrogens (tertiary/aromatic N) is 2. The van der Waals surface area contributed by atoms with Crippen molar-refractivity contribution >= 4 is 34.8 Å². The minimum Gasteiger partial charge on any atom is -0.456 e. The van der Waals surface area contributed by atoms with E-state index in [0.29, 0.717) is 26.6 Å². The Balaban J connectivity index is 2.39. The highest BCUT2D eigenvalue weighted by Gasteiger charge is 2.10. The van der Waals surface area contributed by atoms with E-state index < -0.39 is 0 Å². The molecule has 98 valence electrons. The van der Waals surface area contributed by atoms with E-state index in [-0.39, 0.29) is 11.1 Å². The van der Waals surface area contributed by atoms with Crippen molar-refractivity contribution in [3.8, 4) is 23.6 Å². The van der Waals surface area contributed by atoms with Crippen LogP contribution >= 0.6 is 34.8 Å². The van der Waals surface area contributed by atoms with E-state index in [2.05, 4.69) is 0 Å². The van der Waals surface area contributed by atoms with Gasteiger partial charge in [-0.05, 0) is 24.3 Å². The smallest absolute Gasteiger partial charge is 0.147 e. The lowest BCUT2D eigenvalue weighted by Crippen LogP contribution is -1.89. The number of hydrogen-bond donors (Lipinski definition) is 0. The normalized spacial score (nSPS) is 9.65. The van der Waals surface area contributed by atoms with Crippen molar-refractivity contribution in [1.29, 1.82) is 10.5 Å². The molecule has 0 N–H and O–H groups in total. The fraction of sp³-hybridized carbons (Fsp3) is 0. The van der Waals surface area contributed by atoms with Gasteiger partial charge in [0.25, 0.3) is 0 Å². The van der Waals surface area contributed by atoms with Crippen LogP contribution in [0, 0.1) is 22.7 Å². The van der Waals surface area contributed by atoms with Crippen LogP contribution in [0.5, 0.6) is 11.5 Å². The lowest BCUT2D eigenvalue weighted by atomic mass is 10.1. The first kappa shape index (κ1) is 14.5. The summed E-state index contributed by atoms with van der Waals surface area (Å²) in [6, 6.07) is 11.3. The molecule has 0 spiro atoms. The van der Waals surface area contributed by atoms with E-state index in [9.17, 15) is 0 Å². The van der Waals surface area contributed by atoms with Gasteiger partial charge in [-0.25, -0.2) is 0 Å². The maximum absolute atomic E-state index is 8.95. The molecule has 0 aliphatic rings. The highest BCUT2D eigenvalue weighted by Crippen LogP contribution is 2.36. The van der Waals surface area contributed by atoms with E-state index in [1.54, 1.807) is 6.07 Å². The predicted molar refractivity (Wildman–Crippen MR) is 77.4 cm³/mol. The average Bonchev–Trinajstić information content (AvgIpc) is 2.44. The third-order valence-electron chi connectivity index (χ3n) is 2.43. The number of hydrogen-bond acceptors (Lipinski definition) is 3. The molecule has 0 aliphatic carbocycles. The van der Waals surface area contributed by atoms with Crippen molar-refractivity contribution in [3.63, 3.8) is 0 Å². The van der Waals surface area contributed by atoms with Crippen molar-refractivity contribution in [2.24, 2.45) is 0 Å². The second-order valence-corrected chi connectivity index (χ2v) is 4.95. The summed E-state index contributed by atoms with van der Waals surface area (Å²) in [7, 11) is 0. The average molecular weight is 324 g/mol. The first-order chi connectivity index (χ1) is 9.55. The minimum atomic E-state index is 0.223. The standard InChI is InChI=1S/C14H5Cl3N2O/c15-11-4-13(17)14(5-12(11)16)20-10-2-1-8(6-18)9(3-10)7-19/h1-5H. The summed E-state index contributed by atoms with van der Waals surface area (Å²) in [5.41, 5.74) is 0.501. The van der Waals surface area contributed by atoms with Gasteiger partial charge < -0.3 is 4.74 Å². The van der Waals surface area contributed by atoms with Gasteiger partial charge in [0.2, 0.25) is 0 Å². The molecule has 0 bridgehead atoms. The molecule has 0 saturated carbocycles. The topological polar surface area (TPSA) is 56.8 Å². The first-order valence-electron chi connectivity index (χ1n) is 5.32. The molecule has 2 rings (SSSR count). The van der Waals surface area contributed by atoms with Gasteiger partial charge in [0.15, 0.2) is 0 Å². The summed E-state index contributed by atoms with van der Waals surface area (Å²) in [4.78, 5) is 0. The van der Waals surface area contributed by atoms with Crippen LogP contribution in [0.15, 0.2) is 30.3 Å². The summed E-state index contributed by atoms with van der Waals surface area (Å²) in [5.74, 6) is 0.690.